The Kier molecular flexibility index (Phi) is 7.47. The molecule has 1 aliphatic heterocycles. The van der Waals surface area contributed by atoms with E-state index in [1.807, 2.05) is 6.07 Å². The fourth-order valence-electron chi connectivity index (χ4n) is 5.36. The Morgan fingerprint density at radius 2 is 2.17 bits per heavy atom. The van der Waals surface area contributed by atoms with Gasteiger partial charge >= 0.3 is 0 Å². The Labute approximate surface area is 209 Å². The molecule has 35 heavy (non-hydrogen) atoms. The maximum atomic E-state index is 13.0. The van der Waals surface area contributed by atoms with E-state index in [0.717, 1.165) is 56.4 Å². The van der Waals surface area contributed by atoms with E-state index in [1.54, 1.807) is 0 Å². The molecule has 2 heterocycles. The van der Waals surface area contributed by atoms with Crippen LogP contribution in [0.2, 0.25) is 0 Å². The molecule has 0 bridgehead atoms. The maximum absolute atomic E-state index is 13.0. The largest absolute Gasteiger partial charge is 0.378 e. The normalized spacial score (nSPS) is 20.4. The molecule has 2 atom stereocenters. The molecule has 1 amide bonds. The Morgan fingerprint density at radius 1 is 1.37 bits per heavy atom. The van der Waals surface area contributed by atoms with Crippen LogP contribution in [0.15, 0.2) is 24.4 Å². The number of amides is 1. The number of anilines is 1. The van der Waals surface area contributed by atoms with Crippen molar-refractivity contribution in [3.05, 3.63) is 52.6 Å². The number of allylic oxidation sites excluding steroid dienone is 2. The third-order valence-corrected chi connectivity index (χ3v) is 7.63. The van der Waals surface area contributed by atoms with Gasteiger partial charge in [0.05, 0.1) is 6.10 Å². The lowest BCUT2D eigenvalue weighted by Gasteiger charge is -2.31. The smallest absolute Gasteiger partial charge is 0.291 e. The number of aromatic amines is 1. The van der Waals surface area contributed by atoms with E-state index in [4.69, 9.17) is 10.00 Å². The van der Waals surface area contributed by atoms with E-state index in [-0.39, 0.29) is 17.4 Å². The van der Waals surface area contributed by atoms with Gasteiger partial charge in [0.15, 0.2) is 11.5 Å². The molecule has 2 aromatic rings. The molecule has 6 heteroatoms. The quantitative estimate of drug-likeness (QED) is 0.465. The van der Waals surface area contributed by atoms with E-state index in [2.05, 4.69) is 68.1 Å². The maximum Gasteiger partial charge on any atom is 0.291 e. The Bertz CT molecular complexity index is 1150. The zero-order valence-electron chi connectivity index (χ0n) is 21.7. The van der Waals surface area contributed by atoms with E-state index in [0.29, 0.717) is 23.4 Å². The van der Waals surface area contributed by atoms with E-state index in [9.17, 15) is 4.79 Å². The lowest BCUT2D eigenvalue weighted by molar-refractivity contribution is 0.0932. The van der Waals surface area contributed by atoms with Gasteiger partial charge in [-0.3, -0.25) is 4.79 Å². The first-order valence-corrected chi connectivity index (χ1v) is 12.9. The predicted molar refractivity (Wildman–Crippen MR) is 139 cm³/mol. The number of hydrogen-bond donors (Lipinski definition) is 2. The second-order valence-corrected chi connectivity index (χ2v) is 11.3. The highest BCUT2D eigenvalue weighted by molar-refractivity contribution is 6.03. The summed E-state index contributed by atoms with van der Waals surface area (Å²) in [5.74, 6) is 0.686. The van der Waals surface area contributed by atoms with Crippen molar-refractivity contribution < 1.29 is 9.53 Å². The molecular formula is C29H38N4O2. The van der Waals surface area contributed by atoms with Gasteiger partial charge in [-0.2, -0.15) is 5.26 Å². The van der Waals surface area contributed by atoms with Gasteiger partial charge in [-0.1, -0.05) is 33.8 Å². The van der Waals surface area contributed by atoms with Crippen LogP contribution in [0.25, 0.3) is 5.57 Å². The Morgan fingerprint density at radius 3 is 2.77 bits per heavy atom. The summed E-state index contributed by atoms with van der Waals surface area (Å²) < 4.78 is 6.00. The van der Waals surface area contributed by atoms with E-state index in [1.165, 1.54) is 22.9 Å². The second-order valence-electron chi connectivity index (χ2n) is 11.3. The number of imidazole rings is 1. The molecule has 1 aliphatic carbocycles. The molecule has 4 rings (SSSR count). The molecule has 1 saturated heterocycles. The summed E-state index contributed by atoms with van der Waals surface area (Å²) in [6.45, 7) is 12.2. The average molecular weight is 475 g/mol. The number of benzene rings is 1. The number of hydrogen-bond acceptors (Lipinski definition) is 4. The number of aromatic nitrogens is 2. The van der Waals surface area contributed by atoms with Crippen molar-refractivity contribution in [2.24, 2.45) is 11.3 Å². The van der Waals surface area contributed by atoms with Gasteiger partial charge in [-0.15, -0.1) is 0 Å². The second kappa shape index (κ2) is 10.4. The number of carbonyl (C=O) groups excluding carboxylic acids is 1. The number of nitrogens with zero attached hydrogens (tertiary/aromatic N) is 2. The number of aryl methyl sites for hydroxylation is 1. The number of ether oxygens (including phenoxy) is 1. The van der Waals surface area contributed by atoms with Crippen molar-refractivity contribution in [3.63, 3.8) is 0 Å². The monoisotopic (exact) mass is 474 g/mol. The van der Waals surface area contributed by atoms with Crippen LogP contribution in [0.3, 0.4) is 0 Å². The summed E-state index contributed by atoms with van der Waals surface area (Å²) in [7, 11) is 0. The first-order chi connectivity index (χ1) is 16.7. The number of nitriles is 1. The molecule has 0 radical (unpaired) electrons. The molecule has 1 fully saturated rings. The zero-order valence-corrected chi connectivity index (χ0v) is 21.7. The summed E-state index contributed by atoms with van der Waals surface area (Å²) >= 11 is 0. The highest BCUT2D eigenvalue weighted by Crippen LogP contribution is 2.43. The summed E-state index contributed by atoms with van der Waals surface area (Å²) in [4.78, 5) is 19.9. The summed E-state index contributed by atoms with van der Waals surface area (Å²) in [6.07, 6.45) is 10.6. The summed E-state index contributed by atoms with van der Waals surface area (Å²) in [5, 5.41) is 12.1. The van der Waals surface area contributed by atoms with Gasteiger partial charge < -0.3 is 15.0 Å². The van der Waals surface area contributed by atoms with Crippen LogP contribution < -0.4 is 5.32 Å². The van der Waals surface area contributed by atoms with E-state index >= 15 is 0 Å². The number of H-pyrrole nitrogens is 1. The van der Waals surface area contributed by atoms with Crippen LogP contribution in [0.1, 0.15) is 105 Å². The third-order valence-electron chi connectivity index (χ3n) is 7.63. The molecule has 2 aliphatic rings. The van der Waals surface area contributed by atoms with E-state index < -0.39 is 0 Å². The van der Waals surface area contributed by atoms with Crippen molar-refractivity contribution in [2.45, 2.75) is 85.2 Å². The lowest BCUT2D eigenvalue weighted by Crippen LogP contribution is -2.19. The summed E-state index contributed by atoms with van der Waals surface area (Å²) in [5.41, 5.74) is 6.21. The lowest BCUT2D eigenvalue weighted by atomic mass is 9.75. The van der Waals surface area contributed by atoms with Crippen molar-refractivity contribution in [2.75, 3.05) is 11.9 Å². The predicted octanol–water partition coefficient (Wildman–Crippen LogP) is 6.74. The number of carbonyl (C=O) groups is 1. The molecule has 0 saturated carbocycles. The van der Waals surface area contributed by atoms with Crippen LogP contribution in [-0.2, 0) is 4.74 Å². The van der Waals surface area contributed by atoms with Gasteiger partial charge in [-0.05, 0) is 91.5 Å². The Balaban J connectivity index is 1.72. The molecular weight excluding hydrogens is 436 g/mol. The van der Waals surface area contributed by atoms with Crippen LogP contribution in [0.4, 0.5) is 5.69 Å². The van der Waals surface area contributed by atoms with Gasteiger partial charge in [0.2, 0.25) is 0 Å². The average Bonchev–Trinajstić information content (AvgIpc) is 3.50. The van der Waals surface area contributed by atoms with Gasteiger partial charge in [0.25, 0.3) is 5.91 Å². The van der Waals surface area contributed by atoms with Crippen LogP contribution in [0, 0.1) is 29.6 Å². The Hall–Kier alpha value is -2.91. The van der Waals surface area contributed by atoms with Crippen molar-refractivity contribution in [1.82, 2.24) is 9.97 Å². The highest BCUT2D eigenvalue weighted by Gasteiger charge is 2.28. The van der Waals surface area contributed by atoms with Gasteiger partial charge in [-0.25, -0.2) is 4.98 Å². The zero-order chi connectivity index (χ0) is 25.2. The topological polar surface area (TPSA) is 90.8 Å². The first-order valence-electron chi connectivity index (χ1n) is 12.9. The first kappa shape index (κ1) is 25.2. The van der Waals surface area contributed by atoms with Crippen LogP contribution >= 0.6 is 0 Å². The van der Waals surface area contributed by atoms with Crippen molar-refractivity contribution in [1.29, 1.82) is 5.26 Å². The van der Waals surface area contributed by atoms with Crippen LogP contribution in [0.5, 0.6) is 0 Å². The standard InChI is InChI=1S/C29H38N4O2/c1-18(2)23(14-22-7-6-12-35-22)24-15-25(20-8-10-29(4,5)11-9-20)26(13-19(24)3)33-28(34)27-31-17-21(16-30)32-27/h8,13,15,17-18,22-23H,6-7,9-12,14H2,1-5H3,(H,31,32)(H,33,34)/t22-,23?/m1/s1. The molecule has 1 aromatic heterocycles. The van der Waals surface area contributed by atoms with Gasteiger partial charge in [0.1, 0.15) is 6.07 Å². The molecule has 186 valence electrons. The fraction of sp³-hybridized carbons (Fsp3) is 0.552. The van der Waals surface area contributed by atoms with Crippen LogP contribution in [-0.4, -0.2) is 28.6 Å². The van der Waals surface area contributed by atoms with Gasteiger partial charge in [0, 0.05) is 24.1 Å². The fourth-order valence-corrected chi connectivity index (χ4v) is 5.36. The minimum absolute atomic E-state index is 0.145. The third kappa shape index (κ3) is 5.85. The number of rotatable bonds is 7. The molecule has 0 spiro atoms. The molecule has 6 nitrogen and oxygen atoms in total. The summed E-state index contributed by atoms with van der Waals surface area (Å²) in [6, 6.07) is 6.39. The van der Waals surface area contributed by atoms with Crippen molar-refractivity contribution in [3.8, 4) is 6.07 Å². The molecule has 1 aromatic carbocycles. The minimum atomic E-state index is -0.337. The molecule has 1 unspecified atom stereocenters. The number of nitrogens with one attached hydrogen (secondary N) is 2. The highest BCUT2D eigenvalue weighted by atomic mass is 16.5. The molecule has 2 N–H and O–H groups in total. The van der Waals surface area contributed by atoms with Crippen molar-refractivity contribution >= 4 is 17.2 Å². The SMILES string of the molecule is Cc1cc(NC(=O)c2nc(C#N)c[nH]2)c(C2=CCC(C)(C)CC2)cc1C(C[C@H]1CCCO1)C(C)C. The minimum Gasteiger partial charge on any atom is -0.378 e.